The third kappa shape index (κ3) is 4.87. The van der Waals surface area contributed by atoms with Crippen LogP contribution in [0, 0.1) is 0 Å². The molecule has 8 nitrogen and oxygen atoms in total. The number of hydrogen-bond donors (Lipinski definition) is 3. The number of hydrogen-bond acceptors (Lipinski definition) is 5. The SMILES string of the molecule is CCNS(=O)(=O)Nc1ccccc1C(=O)Nc1ccc(OC)c(OC)c1. The highest BCUT2D eigenvalue weighted by Gasteiger charge is 2.16. The Kier molecular flexibility index (Phi) is 6.42. The molecule has 9 heteroatoms. The van der Waals surface area contributed by atoms with Crippen molar-refractivity contribution in [2.24, 2.45) is 0 Å². The van der Waals surface area contributed by atoms with E-state index in [1.165, 1.54) is 26.4 Å². The Morgan fingerprint density at radius 1 is 1.04 bits per heavy atom. The van der Waals surface area contributed by atoms with Gasteiger partial charge in [0.15, 0.2) is 11.5 Å². The largest absolute Gasteiger partial charge is 0.493 e. The van der Waals surface area contributed by atoms with Gasteiger partial charge in [-0.3, -0.25) is 9.52 Å². The minimum Gasteiger partial charge on any atom is -0.493 e. The molecule has 0 unspecified atom stereocenters. The highest BCUT2D eigenvalue weighted by molar-refractivity contribution is 7.90. The van der Waals surface area contributed by atoms with Crippen molar-refractivity contribution in [3.8, 4) is 11.5 Å². The van der Waals surface area contributed by atoms with Crippen molar-refractivity contribution in [2.45, 2.75) is 6.92 Å². The number of amides is 1. The number of rotatable bonds is 8. The zero-order valence-corrected chi connectivity index (χ0v) is 15.5. The summed E-state index contributed by atoms with van der Waals surface area (Å²) >= 11 is 0. The lowest BCUT2D eigenvalue weighted by atomic mass is 10.1. The maximum atomic E-state index is 12.6. The van der Waals surface area contributed by atoms with Crippen molar-refractivity contribution >= 4 is 27.5 Å². The van der Waals surface area contributed by atoms with E-state index in [4.69, 9.17) is 9.47 Å². The van der Waals surface area contributed by atoms with Crippen LogP contribution in [-0.2, 0) is 10.2 Å². The van der Waals surface area contributed by atoms with Gasteiger partial charge in [0, 0.05) is 18.3 Å². The molecule has 0 aliphatic heterocycles. The van der Waals surface area contributed by atoms with Gasteiger partial charge in [-0.2, -0.15) is 13.1 Å². The molecule has 2 aromatic carbocycles. The molecule has 2 rings (SSSR count). The summed E-state index contributed by atoms with van der Waals surface area (Å²) < 4.78 is 38.8. The van der Waals surface area contributed by atoms with Gasteiger partial charge < -0.3 is 14.8 Å². The summed E-state index contributed by atoms with van der Waals surface area (Å²) in [5.74, 6) is 0.530. The van der Waals surface area contributed by atoms with Crippen molar-refractivity contribution < 1.29 is 22.7 Å². The lowest BCUT2D eigenvalue weighted by Gasteiger charge is -2.14. The third-order valence-electron chi connectivity index (χ3n) is 3.39. The summed E-state index contributed by atoms with van der Waals surface area (Å²) in [4.78, 5) is 12.6. The van der Waals surface area contributed by atoms with Crippen LogP contribution in [0.1, 0.15) is 17.3 Å². The van der Waals surface area contributed by atoms with Crippen LogP contribution in [0.3, 0.4) is 0 Å². The van der Waals surface area contributed by atoms with E-state index in [1.54, 1.807) is 37.3 Å². The maximum absolute atomic E-state index is 12.6. The molecule has 0 aromatic heterocycles. The van der Waals surface area contributed by atoms with Gasteiger partial charge in [0.05, 0.1) is 25.5 Å². The van der Waals surface area contributed by atoms with Gasteiger partial charge in [0.1, 0.15) is 0 Å². The van der Waals surface area contributed by atoms with Crippen LogP contribution < -0.4 is 24.2 Å². The van der Waals surface area contributed by atoms with E-state index in [2.05, 4.69) is 14.8 Å². The predicted molar refractivity (Wildman–Crippen MR) is 100 cm³/mol. The van der Waals surface area contributed by atoms with Crippen LogP contribution >= 0.6 is 0 Å². The minimum absolute atomic E-state index is 0.173. The summed E-state index contributed by atoms with van der Waals surface area (Å²) in [6.45, 7) is 1.89. The molecule has 0 spiro atoms. The lowest BCUT2D eigenvalue weighted by Crippen LogP contribution is -2.30. The van der Waals surface area contributed by atoms with Crippen LogP contribution in [-0.4, -0.2) is 35.1 Å². The van der Waals surface area contributed by atoms with Gasteiger partial charge in [0.2, 0.25) is 0 Å². The second-order valence-corrected chi connectivity index (χ2v) is 6.67. The molecule has 0 aliphatic rings. The van der Waals surface area contributed by atoms with Crippen LogP contribution in [0.15, 0.2) is 42.5 Å². The fourth-order valence-electron chi connectivity index (χ4n) is 2.25. The van der Waals surface area contributed by atoms with E-state index >= 15 is 0 Å². The number of methoxy groups -OCH3 is 2. The Hall–Kier alpha value is -2.78. The molecule has 1 amide bonds. The fraction of sp³-hybridized carbons (Fsp3) is 0.235. The molecule has 3 N–H and O–H groups in total. The zero-order valence-electron chi connectivity index (χ0n) is 14.7. The third-order valence-corrected chi connectivity index (χ3v) is 4.55. The van der Waals surface area contributed by atoms with E-state index < -0.39 is 16.1 Å². The predicted octanol–water partition coefficient (Wildman–Crippen LogP) is 2.22. The highest BCUT2D eigenvalue weighted by Crippen LogP contribution is 2.30. The first kappa shape index (κ1) is 19.5. The number of benzene rings is 2. The van der Waals surface area contributed by atoms with Crippen molar-refractivity contribution in [3.63, 3.8) is 0 Å². The molecule has 0 saturated heterocycles. The van der Waals surface area contributed by atoms with E-state index in [0.717, 1.165) is 0 Å². The van der Waals surface area contributed by atoms with Crippen molar-refractivity contribution in [3.05, 3.63) is 48.0 Å². The van der Waals surface area contributed by atoms with Gasteiger partial charge in [-0.1, -0.05) is 19.1 Å². The average molecular weight is 379 g/mol. The highest BCUT2D eigenvalue weighted by atomic mass is 32.2. The quantitative estimate of drug-likeness (QED) is 0.652. The zero-order chi connectivity index (χ0) is 19.2. The molecule has 0 aliphatic carbocycles. The Labute approximate surface area is 152 Å². The molecule has 0 atom stereocenters. The number of ether oxygens (including phenoxy) is 2. The van der Waals surface area contributed by atoms with E-state index in [9.17, 15) is 13.2 Å². The average Bonchev–Trinajstić information content (AvgIpc) is 2.61. The molecule has 0 radical (unpaired) electrons. The summed E-state index contributed by atoms with van der Waals surface area (Å²) in [6, 6.07) is 11.3. The van der Waals surface area contributed by atoms with E-state index in [1.807, 2.05) is 0 Å². The van der Waals surface area contributed by atoms with Crippen LogP contribution in [0.5, 0.6) is 11.5 Å². The first-order valence-electron chi connectivity index (χ1n) is 7.80. The molecule has 0 saturated carbocycles. The fourth-order valence-corrected chi connectivity index (χ4v) is 3.17. The Morgan fingerprint density at radius 3 is 2.38 bits per heavy atom. The summed E-state index contributed by atoms with van der Waals surface area (Å²) in [6.07, 6.45) is 0. The van der Waals surface area contributed by atoms with Gasteiger partial charge in [-0.15, -0.1) is 0 Å². The second kappa shape index (κ2) is 8.54. The molecule has 140 valence electrons. The van der Waals surface area contributed by atoms with Gasteiger partial charge >= 0.3 is 0 Å². The van der Waals surface area contributed by atoms with E-state index in [0.29, 0.717) is 17.2 Å². The molecular formula is C17H21N3O5S. The normalized spacial score (nSPS) is 10.9. The number of anilines is 2. The van der Waals surface area contributed by atoms with E-state index in [-0.39, 0.29) is 17.8 Å². The van der Waals surface area contributed by atoms with Crippen molar-refractivity contribution in [1.29, 1.82) is 0 Å². The summed E-state index contributed by atoms with van der Waals surface area (Å²) in [5.41, 5.74) is 0.840. The van der Waals surface area contributed by atoms with Gasteiger partial charge in [0.25, 0.3) is 16.1 Å². The number of para-hydroxylation sites is 1. The minimum atomic E-state index is -3.75. The topological polar surface area (TPSA) is 106 Å². The molecule has 26 heavy (non-hydrogen) atoms. The monoisotopic (exact) mass is 379 g/mol. The molecule has 0 fully saturated rings. The number of carbonyl (C=O) groups is 1. The Morgan fingerprint density at radius 2 is 1.73 bits per heavy atom. The number of nitrogens with one attached hydrogen (secondary N) is 3. The van der Waals surface area contributed by atoms with Crippen LogP contribution in [0.4, 0.5) is 11.4 Å². The molecular weight excluding hydrogens is 358 g/mol. The van der Waals surface area contributed by atoms with Gasteiger partial charge in [-0.25, -0.2) is 0 Å². The molecule has 2 aromatic rings. The summed E-state index contributed by atoms with van der Waals surface area (Å²) in [7, 11) is -0.739. The standard InChI is InChI=1S/C17H21N3O5S/c1-4-18-26(22,23)20-14-8-6-5-7-13(14)17(21)19-12-9-10-15(24-2)16(11-12)25-3/h5-11,18,20H,4H2,1-3H3,(H,19,21). The lowest BCUT2D eigenvalue weighted by molar-refractivity contribution is 0.102. The van der Waals surface area contributed by atoms with Crippen molar-refractivity contribution in [2.75, 3.05) is 30.8 Å². The first-order valence-corrected chi connectivity index (χ1v) is 9.28. The smallest absolute Gasteiger partial charge is 0.299 e. The Balaban J connectivity index is 2.25. The van der Waals surface area contributed by atoms with Crippen LogP contribution in [0.25, 0.3) is 0 Å². The van der Waals surface area contributed by atoms with Crippen LogP contribution in [0.2, 0.25) is 0 Å². The first-order chi connectivity index (χ1) is 12.4. The van der Waals surface area contributed by atoms with Crippen molar-refractivity contribution in [1.82, 2.24) is 4.72 Å². The Bertz CT molecular complexity index is 884. The molecule has 0 bridgehead atoms. The molecule has 0 heterocycles. The maximum Gasteiger partial charge on any atom is 0.299 e. The number of carbonyl (C=O) groups excluding carboxylic acids is 1. The second-order valence-electron chi connectivity index (χ2n) is 5.17. The van der Waals surface area contributed by atoms with Gasteiger partial charge in [-0.05, 0) is 24.3 Å². The summed E-state index contributed by atoms with van der Waals surface area (Å²) in [5, 5.41) is 2.71.